The minimum atomic E-state index is -4.47. The number of carbonyl (C=O) groups is 2. The first kappa shape index (κ1) is 20.0. The molecule has 2 aromatic carbocycles. The maximum Gasteiger partial charge on any atom is 0.416 e. The molecule has 1 N–H and O–H groups in total. The van der Waals surface area contributed by atoms with Gasteiger partial charge in [-0.3, -0.25) is 4.79 Å². The number of carbonyl (C=O) groups excluding carboxylic acids is 2. The third kappa shape index (κ3) is 6.50. The van der Waals surface area contributed by atoms with Gasteiger partial charge in [0.05, 0.1) is 12.7 Å². The molecule has 0 aliphatic rings. The highest BCUT2D eigenvalue weighted by Crippen LogP contribution is 2.29. The summed E-state index contributed by atoms with van der Waals surface area (Å²) in [5.74, 6) is -0.869. The van der Waals surface area contributed by atoms with Crippen LogP contribution in [0.25, 0.3) is 6.08 Å². The van der Waals surface area contributed by atoms with Crippen molar-refractivity contribution in [2.45, 2.75) is 6.18 Å². The van der Waals surface area contributed by atoms with Gasteiger partial charge in [-0.25, -0.2) is 4.79 Å². The molecule has 0 aromatic heterocycles. The lowest BCUT2D eigenvalue weighted by Gasteiger charge is -2.07. The Labute approximate surface area is 153 Å². The van der Waals surface area contributed by atoms with Crippen molar-refractivity contribution >= 4 is 23.6 Å². The van der Waals surface area contributed by atoms with Crippen LogP contribution in [0.4, 0.5) is 18.9 Å². The van der Waals surface area contributed by atoms with Gasteiger partial charge in [0.25, 0.3) is 5.91 Å². The largest absolute Gasteiger partial charge is 0.497 e. The van der Waals surface area contributed by atoms with Gasteiger partial charge in [0, 0.05) is 17.8 Å². The molecule has 2 aromatic rings. The minimum Gasteiger partial charge on any atom is -0.497 e. The van der Waals surface area contributed by atoms with Crippen LogP contribution in [0, 0.1) is 0 Å². The normalized spacial score (nSPS) is 11.3. The van der Waals surface area contributed by atoms with Gasteiger partial charge in [0.1, 0.15) is 5.75 Å². The Morgan fingerprint density at radius 2 is 1.85 bits per heavy atom. The number of hydrogen-bond acceptors (Lipinski definition) is 4. The van der Waals surface area contributed by atoms with Crippen LogP contribution in [-0.2, 0) is 20.5 Å². The monoisotopic (exact) mass is 379 g/mol. The van der Waals surface area contributed by atoms with E-state index in [2.05, 4.69) is 5.32 Å². The van der Waals surface area contributed by atoms with Crippen LogP contribution in [0.3, 0.4) is 0 Å². The number of nitrogens with one attached hydrogen (secondary N) is 1. The summed E-state index contributed by atoms with van der Waals surface area (Å²) in [4.78, 5) is 23.4. The van der Waals surface area contributed by atoms with Crippen LogP contribution in [-0.4, -0.2) is 25.6 Å². The molecule has 0 fully saturated rings. The standard InChI is InChI=1S/C19H16F3NO4/c1-26-16-7-3-6-15(11-16)23-17(24)12-27-18(25)9-8-13-4-2-5-14(10-13)19(20,21)22/h2-11H,12H2,1H3,(H,23,24). The first-order valence-electron chi connectivity index (χ1n) is 7.74. The third-order valence-corrected chi connectivity index (χ3v) is 3.32. The topological polar surface area (TPSA) is 64.6 Å². The van der Waals surface area contributed by atoms with E-state index in [0.29, 0.717) is 11.4 Å². The maximum atomic E-state index is 12.6. The first-order valence-corrected chi connectivity index (χ1v) is 7.74. The van der Waals surface area contributed by atoms with Crippen LogP contribution in [0.15, 0.2) is 54.6 Å². The van der Waals surface area contributed by atoms with Crippen LogP contribution < -0.4 is 10.1 Å². The second kappa shape index (κ2) is 8.88. The number of hydrogen-bond donors (Lipinski definition) is 1. The smallest absolute Gasteiger partial charge is 0.416 e. The Kier molecular flexibility index (Phi) is 6.59. The van der Waals surface area contributed by atoms with E-state index in [4.69, 9.17) is 9.47 Å². The van der Waals surface area contributed by atoms with Crippen molar-refractivity contribution in [2.24, 2.45) is 0 Å². The van der Waals surface area contributed by atoms with Crippen LogP contribution in [0.2, 0.25) is 0 Å². The number of benzene rings is 2. The molecule has 0 aliphatic carbocycles. The molecule has 0 radical (unpaired) electrons. The van der Waals surface area contributed by atoms with Crippen LogP contribution in [0.1, 0.15) is 11.1 Å². The number of rotatable bonds is 6. The zero-order chi connectivity index (χ0) is 19.9. The predicted octanol–water partition coefficient (Wildman–Crippen LogP) is 3.91. The molecular formula is C19H16F3NO4. The Morgan fingerprint density at radius 1 is 1.11 bits per heavy atom. The average molecular weight is 379 g/mol. The number of alkyl halides is 3. The van der Waals surface area contributed by atoms with Crippen LogP contribution >= 0.6 is 0 Å². The van der Waals surface area contributed by atoms with Crippen molar-refractivity contribution in [3.05, 3.63) is 65.7 Å². The molecule has 1 amide bonds. The van der Waals surface area contributed by atoms with Crippen molar-refractivity contribution in [1.29, 1.82) is 0 Å². The Bertz CT molecular complexity index is 847. The average Bonchev–Trinajstić information content (AvgIpc) is 2.64. The first-order chi connectivity index (χ1) is 12.8. The zero-order valence-electron chi connectivity index (χ0n) is 14.2. The molecule has 0 saturated heterocycles. The van der Waals surface area contributed by atoms with Gasteiger partial charge in [-0.05, 0) is 35.9 Å². The minimum absolute atomic E-state index is 0.183. The van der Waals surface area contributed by atoms with Crippen molar-refractivity contribution in [1.82, 2.24) is 0 Å². The van der Waals surface area contributed by atoms with Gasteiger partial charge in [-0.2, -0.15) is 13.2 Å². The summed E-state index contributed by atoms with van der Waals surface area (Å²) in [5.41, 5.74) is -0.173. The molecular weight excluding hydrogens is 363 g/mol. The van der Waals surface area contributed by atoms with Crippen molar-refractivity contribution in [2.75, 3.05) is 19.0 Å². The maximum absolute atomic E-state index is 12.6. The van der Waals surface area contributed by atoms with Gasteiger partial charge in [-0.15, -0.1) is 0 Å². The second-order valence-electron chi connectivity index (χ2n) is 5.34. The summed E-state index contributed by atoms with van der Waals surface area (Å²) >= 11 is 0. The Balaban J connectivity index is 1.86. The second-order valence-corrected chi connectivity index (χ2v) is 5.34. The summed E-state index contributed by atoms with van der Waals surface area (Å²) in [6.07, 6.45) is -2.34. The van der Waals surface area contributed by atoms with E-state index in [0.717, 1.165) is 18.2 Å². The number of halogens is 3. The molecule has 8 heteroatoms. The van der Waals surface area contributed by atoms with Gasteiger partial charge < -0.3 is 14.8 Å². The molecule has 5 nitrogen and oxygen atoms in total. The molecule has 0 unspecified atom stereocenters. The van der Waals surface area contributed by atoms with Crippen molar-refractivity contribution in [3.63, 3.8) is 0 Å². The van der Waals surface area contributed by atoms with E-state index < -0.39 is 30.2 Å². The molecule has 27 heavy (non-hydrogen) atoms. The van der Waals surface area contributed by atoms with Crippen molar-refractivity contribution in [3.8, 4) is 5.75 Å². The molecule has 0 bridgehead atoms. The number of amides is 1. The van der Waals surface area contributed by atoms with E-state index in [-0.39, 0.29) is 5.56 Å². The molecule has 0 spiro atoms. The van der Waals surface area contributed by atoms with Gasteiger partial charge in [-0.1, -0.05) is 18.2 Å². The number of anilines is 1. The molecule has 0 heterocycles. The van der Waals surface area contributed by atoms with Gasteiger partial charge in [0.15, 0.2) is 6.61 Å². The molecule has 0 atom stereocenters. The summed E-state index contributed by atoms with van der Waals surface area (Å²) < 4.78 is 47.7. The Morgan fingerprint density at radius 3 is 2.56 bits per heavy atom. The van der Waals surface area contributed by atoms with E-state index in [1.54, 1.807) is 24.3 Å². The summed E-state index contributed by atoms with van der Waals surface area (Å²) in [7, 11) is 1.49. The fraction of sp³-hybridized carbons (Fsp3) is 0.158. The summed E-state index contributed by atoms with van der Waals surface area (Å²) in [5, 5.41) is 2.52. The lowest BCUT2D eigenvalue weighted by atomic mass is 10.1. The molecule has 2 rings (SSSR count). The highest BCUT2D eigenvalue weighted by molar-refractivity contribution is 5.94. The van der Waals surface area contributed by atoms with Crippen molar-refractivity contribution < 1.29 is 32.2 Å². The zero-order valence-corrected chi connectivity index (χ0v) is 14.2. The lowest BCUT2D eigenvalue weighted by Crippen LogP contribution is -2.20. The molecule has 0 saturated carbocycles. The fourth-order valence-electron chi connectivity index (χ4n) is 2.07. The molecule has 0 aliphatic heterocycles. The lowest BCUT2D eigenvalue weighted by molar-refractivity contribution is -0.142. The summed E-state index contributed by atoms with van der Waals surface area (Å²) in [6, 6.07) is 11.1. The van der Waals surface area contributed by atoms with E-state index in [1.165, 1.54) is 25.3 Å². The van der Waals surface area contributed by atoms with E-state index in [1.807, 2.05) is 0 Å². The number of methoxy groups -OCH3 is 1. The quantitative estimate of drug-likeness (QED) is 0.611. The van der Waals surface area contributed by atoms with E-state index >= 15 is 0 Å². The predicted molar refractivity (Wildman–Crippen MR) is 93.1 cm³/mol. The summed E-state index contributed by atoms with van der Waals surface area (Å²) in [6.45, 7) is -0.539. The van der Waals surface area contributed by atoms with E-state index in [9.17, 15) is 22.8 Å². The third-order valence-electron chi connectivity index (χ3n) is 3.32. The van der Waals surface area contributed by atoms with Gasteiger partial charge >= 0.3 is 12.1 Å². The van der Waals surface area contributed by atoms with Gasteiger partial charge in [0.2, 0.25) is 0 Å². The van der Waals surface area contributed by atoms with Crippen LogP contribution in [0.5, 0.6) is 5.75 Å². The SMILES string of the molecule is COc1cccc(NC(=O)COC(=O)C=Cc2cccc(C(F)(F)F)c2)c1. The highest BCUT2D eigenvalue weighted by atomic mass is 19.4. The molecule has 142 valence electrons. The number of esters is 1. The Hall–Kier alpha value is -3.29. The highest BCUT2D eigenvalue weighted by Gasteiger charge is 2.30. The number of ether oxygens (including phenoxy) is 2. The fourth-order valence-corrected chi connectivity index (χ4v) is 2.07.